The van der Waals surface area contributed by atoms with E-state index in [1.165, 1.54) is 103 Å². The summed E-state index contributed by atoms with van der Waals surface area (Å²) in [5.41, 5.74) is 5.48. The molecule has 0 aliphatic rings. The van der Waals surface area contributed by atoms with Gasteiger partial charge in [-0.1, -0.05) is 103 Å². The van der Waals surface area contributed by atoms with E-state index >= 15 is 0 Å². The van der Waals surface area contributed by atoms with E-state index < -0.39 is 0 Å². The molecule has 0 bridgehead atoms. The zero-order valence-electron chi connectivity index (χ0n) is 13.6. The lowest BCUT2D eigenvalue weighted by molar-refractivity contribution is 0.530. The molecule has 0 amide bonds. The number of unbranched alkanes of at least 4 members (excludes halogenated alkanes) is 15. The molecule has 0 aromatic heterocycles. The topological polar surface area (TPSA) is 26.0 Å². The lowest BCUT2D eigenvalue weighted by Gasteiger charge is -2.03. The fourth-order valence-electron chi connectivity index (χ4n) is 2.69. The van der Waals surface area contributed by atoms with Crippen molar-refractivity contribution in [1.82, 2.24) is 0 Å². The quantitative estimate of drug-likeness (QED) is 0.323. The van der Waals surface area contributed by atoms with Crippen LogP contribution in [-0.4, -0.2) is 17.5 Å². The van der Waals surface area contributed by atoms with Crippen molar-refractivity contribution in [3.05, 3.63) is 0 Å². The molecule has 2 N–H and O–H groups in total. The molecule has 0 unspecified atom stereocenters. The average Bonchev–Trinajstić information content (AvgIpc) is 2.43. The first-order chi connectivity index (χ1) is 9.41. The lowest BCUT2D eigenvalue weighted by Crippen LogP contribution is -1.97. The molecular formula is C18H43NSi. The molecule has 1 nitrogen and oxygen atoms in total. The summed E-state index contributed by atoms with van der Waals surface area (Å²) in [6.45, 7) is 3.16. The zero-order valence-corrected chi connectivity index (χ0v) is 13.6. The molecule has 0 saturated heterocycles. The molecule has 20 heavy (non-hydrogen) atoms. The molecule has 0 radical (unpaired) electrons. The number of hydrogen-bond acceptors (Lipinski definition) is 1. The molecule has 0 aliphatic carbocycles. The van der Waals surface area contributed by atoms with Crippen molar-refractivity contribution in [2.24, 2.45) is 5.73 Å². The molecule has 0 rings (SSSR count). The van der Waals surface area contributed by atoms with Crippen LogP contribution in [0.2, 0.25) is 0 Å². The summed E-state index contributed by atoms with van der Waals surface area (Å²) in [6, 6.07) is 0. The van der Waals surface area contributed by atoms with Crippen molar-refractivity contribution >= 4 is 11.0 Å². The minimum absolute atomic E-state index is 0. The smallest absolute Gasteiger partial charge is 0.00773 e. The summed E-state index contributed by atoms with van der Waals surface area (Å²) in [7, 11) is 0. The third-order valence-corrected chi connectivity index (χ3v) is 4.06. The van der Waals surface area contributed by atoms with Gasteiger partial charge in [-0.25, -0.2) is 0 Å². The highest BCUT2D eigenvalue weighted by molar-refractivity contribution is 5.75. The maximum Gasteiger partial charge on any atom is -0.00773 e. The maximum absolute atomic E-state index is 5.48. The van der Waals surface area contributed by atoms with Crippen molar-refractivity contribution < 1.29 is 0 Å². The van der Waals surface area contributed by atoms with Crippen LogP contribution in [0.15, 0.2) is 0 Å². The first-order valence-corrected chi connectivity index (χ1v) is 9.12. The third-order valence-electron chi connectivity index (χ3n) is 4.06. The molecule has 0 aromatic carbocycles. The average molecular weight is 302 g/mol. The molecule has 0 saturated carbocycles. The highest BCUT2D eigenvalue weighted by atomic mass is 28.1. The van der Waals surface area contributed by atoms with Crippen LogP contribution in [0.1, 0.15) is 110 Å². The molecule has 0 aromatic rings. The Morgan fingerprint density at radius 3 is 0.950 bits per heavy atom. The van der Waals surface area contributed by atoms with Gasteiger partial charge in [0.15, 0.2) is 0 Å². The van der Waals surface area contributed by atoms with Crippen molar-refractivity contribution in [2.75, 3.05) is 6.54 Å². The molecule has 2 heteroatoms. The summed E-state index contributed by atoms with van der Waals surface area (Å²) in [4.78, 5) is 0. The summed E-state index contributed by atoms with van der Waals surface area (Å²) in [5.74, 6) is 0. The minimum Gasteiger partial charge on any atom is -0.330 e. The summed E-state index contributed by atoms with van der Waals surface area (Å²) < 4.78 is 0. The van der Waals surface area contributed by atoms with Crippen LogP contribution in [0.3, 0.4) is 0 Å². The van der Waals surface area contributed by atoms with E-state index in [2.05, 4.69) is 6.92 Å². The van der Waals surface area contributed by atoms with Crippen LogP contribution < -0.4 is 5.73 Å². The third kappa shape index (κ3) is 20.5. The molecule has 0 atom stereocenters. The van der Waals surface area contributed by atoms with Gasteiger partial charge in [-0.05, 0) is 23.9 Å². The van der Waals surface area contributed by atoms with Gasteiger partial charge in [-0.3, -0.25) is 0 Å². The normalized spacial score (nSPS) is 10.5. The highest BCUT2D eigenvalue weighted by Gasteiger charge is 1.94. The standard InChI is InChI=1S/C18H39N.H4Si/c1-2-3-4-5-6-7-8-9-10-11-12-13-14-15-16-17-18-19;/h2-19H2,1H3;1H4. The van der Waals surface area contributed by atoms with E-state index in [1.807, 2.05) is 0 Å². The fourth-order valence-corrected chi connectivity index (χ4v) is 2.69. The molecular weight excluding hydrogens is 258 g/mol. The second-order valence-electron chi connectivity index (χ2n) is 6.09. The monoisotopic (exact) mass is 301 g/mol. The van der Waals surface area contributed by atoms with E-state index in [4.69, 9.17) is 5.73 Å². The van der Waals surface area contributed by atoms with E-state index in [0.717, 1.165) is 6.54 Å². The van der Waals surface area contributed by atoms with E-state index in [1.54, 1.807) is 0 Å². The van der Waals surface area contributed by atoms with Crippen molar-refractivity contribution in [3.63, 3.8) is 0 Å². The number of rotatable bonds is 16. The minimum atomic E-state index is 0. The molecule has 0 heterocycles. The molecule has 124 valence electrons. The Kier molecular flexibility index (Phi) is 24.1. The van der Waals surface area contributed by atoms with Gasteiger partial charge in [0.25, 0.3) is 0 Å². The Balaban J connectivity index is 0. The van der Waals surface area contributed by atoms with Crippen LogP contribution in [0.5, 0.6) is 0 Å². The van der Waals surface area contributed by atoms with Crippen LogP contribution in [0, 0.1) is 0 Å². The predicted octanol–water partition coefficient (Wildman–Crippen LogP) is 4.76. The second-order valence-corrected chi connectivity index (χ2v) is 6.09. The van der Waals surface area contributed by atoms with Gasteiger partial charge < -0.3 is 5.73 Å². The first kappa shape index (κ1) is 22.5. The van der Waals surface area contributed by atoms with Crippen molar-refractivity contribution in [2.45, 2.75) is 110 Å². The van der Waals surface area contributed by atoms with E-state index in [9.17, 15) is 0 Å². The van der Waals surface area contributed by atoms with Crippen LogP contribution in [0.4, 0.5) is 0 Å². The Labute approximate surface area is 133 Å². The zero-order chi connectivity index (χ0) is 14.0. The van der Waals surface area contributed by atoms with Crippen LogP contribution >= 0.6 is 0 Å². The Morgan fingerprint density at radius 2 is 0.700 bits per heavy atom. The van der Waals surface area contributed by atoms with Gasteiger partial charge in [-0.15, -0.1) is 0 Å². The van der Waals surface area contributed by atoms with Gasteiger partial charge in [0.1, 0.15) is 0 Å². The van der Waals surface area contributed by atoms with Crippen LogP contribution in [-0.2, 0) is 0 Å². The summed E-state index contributed by atoms with van der Waals surface area (Å²) in [5, 5.41) is 0. The largest absolute Gasteiger partial charge is 0.330 e. The summed E-state index contributed by atoms with van der Waals surface area (Å²) >= 11 is 0. The van der Waals surface area contributed by atoms with Gasteiger partial charge in [0.2, 0.25) is 0 Å². The highest BCUT2D eigenvalue weighted by Crippen LogP contribution is 2.13. The van der Waals surface area contributed by atoms with Gasteiger partial charge >= 0.3 is 0 Å². The number of nitrogens with two attached hydrogens (primary N) is 1. The molecule has 0 aliphatic heterocycles. The lowest BCUT2D eigenvalue weighted by atomic mass is 10.0. The Hall–Kier alpha value is 0.177. The summed E-state index contributed by atoms with van der Waals surface area (Å²) in [6.07, 6.45) is 22.9. The Morgan fingerprint density at radius 1 is 0.450 bits per heavy atom. The molecule has 0 spiro atoms. The Bertz CT molecular complexity index is 134. The SMILES string of the molecule is CCCCCCCCCCCCCCCCCCN.[SiH4]. The van der Waals surface area contributed by atoms with Crippen molar-refractivity contribution in [1.29, 1.82) is 0 Å². The van der Waals surface area contributed by atoms with Gasteiger partial charge in [0, 0.05) is 0 Å². The van der Waals surface area contributed by atoms with Gasteiger partial charge in [-0.2, -0.15) is 0 Å². The van der Waals surface area contributed by atoms with Crippen molar-refractivity contribution in [3.8, 4) is 0 Å². The number of hydrogen-bond donors (Lipinski definition) is 1. The second kappa shape index (κ2) is 21.5. The van der Waals surface area contributed by atoms with E-state index in [-0.39, 0.29) is 11.0 Å². The van der Waals surface area contributed by atoms with Gasteiger partial charge in [0.05, 0.1) is 0 Å². The molecule has 0 fully saturated rings. The van der Waals surface area contributed by atoms with E-state index in [0.29, 0.717) is 0 Å². The predicted molar refractivity (Wildman–Crippen MR) is 99.9 cm³/mol. The fraction of sp³-hybridized carbons (Fsp3) is 1.00. The van der Waals surface area contributed by atoms with Crippen LogP contribution in [0.25, 0.3) is 0 Å². The maximum atomic E-state index is 5.48. The first-order valence-electron chi connectivity index (χ1n) is 9.12.